The highest BCUT2D eigenvalue weighted by Gasteiger charge is 2.26. The lowest BCUT2D eigenvalue weighted by molar-refractivity contribution is -0.0492. The molecule has 3 atom stereocenters. The summed E-state index contributed by atoms with van der Waals surface area (Å²) in [5.74, 6) is -0.00000152. The minimum atomic E-state index is -0.545. The van der Waals surface area contributed by atoms with E-state index in [1.807, 2.05) is 44.2 Å². The van der Waals surface area contributed by atoms with Crippen LogP contribution in [0.3, 0.4) is 0 Å². The number of rotatable bonds is 7. The van der Waals surface area contributed by atoms with Gasteiger partial charge in [0.1, 0.15) is 0 Å². The maximum absolute atomic E-state index is 10.4. The number of benzene rings is 1. The second kappa shape index (κ2) is 8.02. The largest absolute Gasteiger partial charge is 0.390 e. The Morgan fingerprint density at radius 3 is 2.33 bits per heavy atom. The van der Waals surface area contributed by atoms with E-state index < -0.39 is 6.10 Å². The molecule has 0 aromatic heterocycles. The van der Waals surface area contributed by atoms with Crippen molar-refractivity contribution in [2.75, 3.05) is 0 Å². The van der Waals surface area contributed by atoms with Crippen LogP contribution in [0.25, 0.3) is 0 Å². The molecule has 0 bridgehead atoms. The first-order valence-electron chi connectivity index (χ1n) is 7.42. The molecule has 0 saturated heterocycles. The average Bonchev–Trinajstić information content (AvgIpc) is 2.42. The molecule has 0 heterocycles. The van der Waals surface area contributed by atoms with E-state index in [0.717, 1.165) is 10.5 Å². The van der Waals surface area contributed by atoms with Crippen LogP contribution in [-0.2, 0) is 11.3 Å². The Morgan fingerprint density at radius 1 is 1.24 bits per heavy atom. The van der Waals surface area contributed by atoms with Gasteiger partial charge in [0, 0.05) is 10.7 Å². The third kappa shape index (κ3) is 6.68. The Balaban J connectivity index is 2.49. The molecule has 0 radical (unpaired) electrons. The maximum atomic E-state index is 10.4. The first-order chi connectivity index (χ1) is 9.70. The van der Waals surface area contributed by atoms with Crippen LogP contribution in [-0.4, -0.2) is 22.1 Å². The minimum Gasteiger partial charge on any atom is -0.390 e. The summed E-state index contributed by atoms with van der Waals surface area (Å²) in [5.41, 5.74) is 1.12. The van der Waals surface area contributed by atoms with Gasteiger partial charge in [0.25, 0.3) is 0 Å². The number of aliphatic hydroxyl groups is 1. The smallest absolute Gasteiger partial charge is 0.0869 e. The molecule has 1 rings (SSSR count). The van der Waals surface area contributed by atoms with Gasteiger partial charge in [-0.1, -0.05) is 64.6 Å². The van der Waals surface area contributed by atoms with Gasteiger partial charge in [-0.25, -0.2) is 0 Å². The summed E-state index contributed by atoms with van der Waals surface area (Å²) in [6.07, 6.45) is -0.770. The first kappa shape index (κ1) is 18.3. The van der Waals surface area contributed by atoms with Gasteiger partial charge in [-0.2, -0.15) is 0 Å². The van der Waals surface area contributed by atoms with Crippen molar-refractivity contribution in [1.82, 2.24) is 0 Å². The highest BCUT2D eigenvalue weighted by molar-refractivity contribution is 8.04. The Morgan fingerprint density at radius 2 is 1.81 bits per heavy atom. The van der Waals surface area contributed by atoms with E-state index in [1.54, 1.807) is 11.8 Å². The topological polar surface area (TPSA) is 29.5 Å². The van der Waals surface area contributed by atoms with Gasteiger partial charge in [-0.15, -0.1) is 11.8 Å². The standard InChI is InChI=1S/C18H28O2S/c1-13(15(3)21-18(4,5)6)17(19)14(2)20-12-16-10-8-7-9-11-16/h7-11,13-14,17,19H,3,12H2,1-2,4-6H3/t13-,14-,17-/m1/s1. The monoisotopic (exact) mass is 308 g/mol. The van der Waals surface area contributed by atoms with Crippen molar-refractivity contribution in [2.24, 2.45) is 5.92 Å². The van der Waals surface area contributed by atoms with Gasteiger partial charge in [-0.3, -0.25) is 0 Å². The van der Waals surface area contributed by atoms with Crippen molar-refractivity contribution in [3.8, 4) is 0 Å². The molecule has 0 unspecified atom stereocenters. The molecule has 1 aromatic carbocycles. The van der Waals surface area contributed by atoms with E-state index in [-0.39, 0.29) is 16.8 Å². The van der Waals surface area contributed by atoms with Crippen molar-refractivity contribution >= 4 is 11.8 Å². The highest BCUT2D eigenvalue weighted by Crippen LogP contribution is 2.36. The molecule has 0 fully saturated rings. The lowest BCUT2D eigenvalue weighted by atomic mass is 10.0. The Labute approximate surface area is 133 Å². The second-order valence-corrected chi connectivity index (χ2v) is 8.41. The van der Waals surface area contributed by atoms with E-state index in [1.165, 1.54) is 0 Å². The zero-order chi connectivity index (χ0) is 16.0. The zero-order valence-corrected chi connectivity index (χ0v) is 14.6. The number of ether oxygens (including phenoxy) is 1. The minimum absolute atomic E-state index is 0.00000152. The van der Waals surface area contributed by atoms with E-state index in [9.17, 15) is 5.11 Å². The molecule has 0 aliphatic rings. The van der Waals surface area contributed by atoms with Crippen LogP contribution < -0.4 is 0 Å². The Bertz CT molecular complexity index is 436. The SMILES string of the molecule is C=C(SC(C)(C)C)[C@@H](C)[C@@H](O)[C@@H](C)OCc1ccccc1. The Kier molecular flexibility index (Phi) is 6.98. The van der Waals surface area contributed by atoms with Crippen molar-refractivity contribution in [3.05, 3.63) is 47.4 Å². The van der Waals surface area contributed by atoms with Gasteiger partial charge >= 0.3 is 0 Å². The lowest BCUT2D eigenvalue weighted by Crippen LogP contribution is -2.33. The van der Waals surface area contributed by atoms with Gasteiger partial charge in [0.05, 0.1) is 18.8 Å². The summed E-state index contributed by atoms with van der Waals surface area (Å²) in [4.78, 5) is 1.00. The molecule has 21 heavy (non-hydrogen) atoms. The quantitative estimate of drug-likeness (QED) is 0.796. The van der Waals surface area contributed by atoms with Gasteiger partial charge in [-0.05, 0) is 17.4 Å². The Hall–Kier alpha value is -0.770. The van der Waals surface area contributed by atoms with Crippen molar-refractivity contribution < 1.29 is 9.84 Å². The molecule has 118 valence electrons. The van der Waals surface area contributed by atoms with Crippen LogP contribution in [0.4, 0.5) is 0 Å². The first-order valence-corrected chi connectivity index (χ1v) is 8.24. The van der Waals surface area contributed by atoms with Crippen LogP contribution in [0.1, 0.15) is 40.2 Å². The average molecular weight is 308 g/mol. The summed E-state index contributed by atoms with van der Waals surface area (Å²) in [6, 6.07) is 10.0. The lowest BCUT2D eigenvalue weighted by Gasteiger charge is -2.29. The zero-order valence-electron chi connectivity index (χ0n) is 13.8. The fourth-order valence-electron chi connectivity index (χ4n) is 1.98. The van der Waals surface area contributed by atoms with Crippen LogP contribution in [0.2, 0.25) is 0 Å². The number of hydrogen-bond acceptors (Lipinski definition) is 3. The molecule has 3 heteroatoms. The van der Waals surface area contributed by atoms with Crippen LogP contribution in [0, 0.1) is 5.92 Å². The number of thioether (sulfide) groups is 1. The normalized spacial score (nSPS) is 16.3. The van der Waals surface area contributed by atoms with Crippen molar-refractivity contribution in [3.63, 3.8) is 0 Å². The molecular weight excluding hydrogens is 280 g/mol. The van der Waals surface area contributed by atoms with Crippen molar-refractivity contribution in [1.29, 1.82) is 0 Å². The second-order valence-electron chi connectivity index (χ2n) is 6.46. The van der Waals surface area contributed by atoms with Gasteiger partial charge in [0.2, 0.25) is 0 Å². The molecule has 0 amide bonds. The number of hydrogen-bond donors (Lipinski definition) is 1. The molecule has 0 aliphatic heterocycles. The summed E-state index contributed by atoms with van der Waals surface area (Å²) in [7, 11) is 0. The molecule has 1 aromatic rings. The van der Waals surface area contributed by atoms with E-state index in [2.05, 4.69) is 27.4 Å². The highest BCUT2D eigenvalue weighted by atomic mass is 32.2. The number of aliphatic hydroxyl groups excluding tert-OH is 1. The molecule has 0 saturated carbocycles. The van der Waals surface area contributed by atoms with Crippen LogP contribution in [0.15, 0.2) is 41.8 Å². The summed E-state index contributed by atoms with van der Waals surface area (Å²) in [5, 5.41) is 10.4. The van der Waals surface area contributed by atoms with Gasteiger partial charge in [0.15, 0.2) is 0 Å². The third-order valence-electron chi connectivity index (χ3n) is 3.29. The van der Waals surface area contributed by atoms with Crippen LogP contribution in [0.5, 0.6) is 0 Å². The summed E-state index contributed by atoms with van der Waals surface area (Å²) in [6.45, 7) is 15.0. The third-order valence-corrected chi connectivity index (χ3v) is 4.54. The van der Waals surface area contributed by atoms with Gasteiger partial charge < -0.3 is 9.84 Å². The predicted octanol–water partition coefficient (Wildman–Crippen LogP) is 4.63. The maximum Gasteiger partial charge on any atom is 0.0869 e. The molecule has 2 nitrogen and oxygen atoms in total. The molecular formula is C18H28O2S. The fourth-order valence-corrected chi connectivity index (χ4v) is 3.10. The van der Waals surface area contributed by atoms with Crippen molar-refractivity contribution in [2.45, 2.75) is 58.2 Å². The van der Waals surface area contributed by atoms with E-state index in [0.29, 0.717) is 6.61 Å². The molecule has 0 spiro atoms. The summed E-state index contributed by atoms with van der Waals surface area (Å²) < 4.78 is 5.90. The molecule has 1 N–H and O–H groups in total. The van der Waals surface area contributed by atoms with E-state index >= 15 is 0 Å². The fraction of sp³-hybridized carbons (Fsp3) is 0.556. The molecule has 0 aliphatic carbocycles. The van der Waals surface area contributed by atoms with E-state index in [4.69, 9.17) is 4.74 Å². The predicted molar refractivity (Wildman–Crippen MR) is 92.3 cm³/mol. The summed E-state index contributed by atoms with van der Waals surface area (Å²) >= 11 is 1.72. The van der Waals surface area contributed by atoms with Crippen LogP contribution >= 0.6 is 11.8 Å².